The van der Waals surface area contributed by atoms with E-state index in [-0.39, 0.29) is 33.0 Å². The molecule has 2 unspecified atom stereocenters. The molecule has 0 saturated carbocycles. The van der Waals surface area contributed by atoms with E-state index in [9.17, 15) is 35.9 Å². The highest BCUT2D eigenvalue weighted by Gasteiger charge is 2.61. The fourth-order valence-electron chi connectivity index (χ4n) is 4.87. The van der Waals surface area contributed by atoms with Gasteiger partial charge in [0.1, 0.15) is 17.6 Å². The number of hydrogen-bond donors (Lipinski definition) is 3. The van der Waals surface area contributed by atoms with Gasteiger partial charge in [0, 0.05) is 29.1 Å². The Morgan fingerprint density at radius 1 is 1.10 bits per heavy atom. The third-order valence-electron chi connectivity index (χ3n) is 7.11. The second-order valence-corrected chi connectivity index (χ2v) is 11.8. The summed E-state index contributed by atoms with van der Waals surface area (Å²) in [5.41, 5.74) is 1.56. The van der Waals surface area contributed by atoms with Crippen molar-refractivity contribution in [3.63, 3.8) is 0 Å². The Bertz CT molecular complexity index is 1820. The van der Waals surface area contributed by atoms with Crippen molar-refractivity contribution in [3.8, 4) is 28.0 Å². The number of aromatic nitrogens is 2. The zero-order valence-corrected chi connectivity index (χ0v) is 23.1. The van der Waals surface area contributed by atoms with Gasteiger partial charge < -0.3 is 9.84 Å². The van der Waals surface area contributed by atoms with Gasteiger partial charge in [0.05, 0.1) is 23.9 Å². The second kappa shape index (κ2) is 10.1. The number of aliphatic hydroxyl groups is 1. The lowest BCUT2D eigenvalue weighted by Gasteiger charge is -2.28. The van der Waals surface area contributed by atoms with E-state index in [0.717, 1.165) is 24.5 Å². The monoisotopic (exact) mass is 604 g/mol. The van der Waals surface area contributed by atoms with E-state index in [1.165, 1.54) is 61.4 Å². The third-order valence-corrected chi connectivity index (χ3v) is 8.22. The summed E-state index contributed by atoms with van der Waals surface area (Å²) in [6.07, 6.45) is -1.28. The summed E-state index contributed by atoms with van der Waals surface area (Å²) in [5.74, 6) is -1.48. The Morgan fingerprint density at radius 3 is 2.45 bits per heavy atom. The molecule has 42 heavy (non-hydrogen) atoms. The van der Waals surface area contributed by atoms with Gasteiger partial charge in [0.15, 0.2) is 9.84 Å². The molecule has 5 rings (SSSR count). The third kappa shape index (κ3) is 4.75. The molecule has 220 valence electrons. The van der Waals surface area contributed by atoms with Crippen LogP contribution in [0.3, 0.4) is 0 Å². The molecule has 4 aromatic rings. The molecule has 14 heteroatoms. The summed E-state index contributed by atoms with van der Waals surface area (Å²) in [4.78, 5) is 12.6. The highest BCUT2D eigenvalue weighted by Crippen LogP contribution is 2.58. The van der Waals surface area contributed by atoms with Crippen molar-refractivity contribution in [2.24, 2.45) is 0 Å². The highest BCUT2D eigenvalue weighted by molar-refractivity contribution is 7.90. The van der Waals surface area contributed by atoms with Crippen molar-refractivity contribution in [3.05, 3.63) is 83.9 Å². The summed E-state index contributed by atoms with van der Waals surface area (Å²) in [5, 5.41) is 15.3. The van der Waals surface area contributed by atoms with Gasteiger partial charge in [-0.1, -0.05) is 24.3 Å². The van der Waals surface area contributed by atoms with Gasteiger partial charge in [-0.2, -0.15) is 18.3 Å². The van der Waals surface area contributed by atoms with Crippen LogP contribution in [0.1, 0.15) is 24.1 Å². The Hall–Kier alpha value is -4.43. The first-order chi connectivity index (χ1) is 19.7. The van der Waals surface area contributed by atoms with E-state index in [0.29, 0.717) is 11.1 Å². The van der Waals surface area contributed by atoms with Gasteiger partial charge in [-0.15, -0.1) is 0 Å². The number of sulfone groups is 1. The van der Waals surface area contributed by atoms with E-state index in [1.54, 1.807) is 6.07 Å². The van der Waals surface area contributed by atoms with E-state index < -0.39 is 44.9 Å². The molecule has 9 nitrogen and oxygen atoms in total. The molecule has 1 amide bonds. The predicted octanol–water partition coefficient (Wildman–Crippen LogP) is 4.58. The summed E-state index contributed by atoms with van der Waals surface area (Å²) in [7, 11) is -2.33. The van der Waals surface area contributed by atoms with Crippen LogP contribution in [0.2, 0.25) is 0 Å². The van der Waals surface area contributed by atoms with Crippen LogP contribution in [0.15, 0.2) is 71.9 Å². The Morgan fingerprint density at radius 2 is 1.81 bits per heavy atom. The summed E-state index contributed by atoms with van der Waals surface area (Å²) >= 11 is 0. The number of ether oxygens (including phenoxy) is 1. The van der Waals surface area contributed by atoms with Crippen molar-refractivity contribution in [2.45, 2.75) is 29.6 Å². The molecule has 1 heterocycles. The number of benzene rings is 3. The number of halogens is 4. The van der Waals surface area contributed by atoms with E-state index >= 15 is 0 Å². The highest BCUT2D eigenvalue weighted by atomic mass is 32.2. The number of hydrazine groups is 1. The van der Waals surface area contributed by atoms with Crippen molar-refractivity contribution in [2.75, 3.05) is 18.8 Å². The average molecular weight is 605 g/mol. The first kappa shape index (κ1) is 29.1. The lowest BCUT2D eigenvalue weighted by Crippen LogP contribution is -2.41. The van der Waals surface area contributed by atoms with Crippen LogP contribution in [0.25, 0.3) is 22.3 Å². The molecule has 0 aliphatic heterocycles. The largest absolute Gasteiger partial charge is 0.497 e. The Balaban J connectivity index is 1.46. The quantitative estimate of drug-likeness (QED) is 0.209. The van der Waals surface area contributed by atoms with Crippen LogP contribution in [0, 0.1) is 5.82 Å². The predicted molar refractivity (Wildman–Crippen MR) is 145 cm³/mol. The molecule has 3 aromatic carbocycles. The maximum atomic E-state index is 14.4. The molecule has 0 bridgehead atoms. The maximum absolute atomic E-state index is 14.4. The van der Waals surface area contributed by atoms with E-state index in [1.807, 2.05) is 0 Å². The first-order valence-electron chi connectivity index (χ1n) is 12.4. The van der Waals surface area contributed by atoms with Crippen LogP contribution in [0.4, 0.5) is 23.2 Å². The lowest BCUT2D eigenvalue weighted by molar-refractivity contribution is -0.246. The molecule has 2 atom stereocenters. The zero-order valence-electron chi connectivity index (χ0n) is 22.3. The number of anilines is 1. The lowest BCUT2D eigenvalue weighted by atomic mass is 9.89. The number of hydrogen-bond acceptors (Lipinski definition) is 7. The van der Waals surface area contributed by atoms with Crippen LogP contribution in [-0.4, -0.2) is 48.8 Å². The number of nitrogens with zero attached hydrogens (tertiary/aromatic N) is 2. The standard InChI is InChI=1S/C28H24F4N4O5S/c1-15(26(37)35-34-24-9-8-18(12-23(24)29)42(3,39)40)36-14-16(13-33-36)20-10-17(41-2)11-22-25(20)19-6-4-5-7-21(19)27(22,38)28(30,31)32/h4-15,34,38H,1-3H3,(H,35,37). The van der Waals surface area contributed by atoms with Crippen molar-refractivity contribution in [1.82, 2.24) is 15.2 Å². The number of carbonyl (C=O) groups excluding carboxylic acids is 1. The van der Waals surface area contributed by atoms with Gasteiger partial charge in [-0.05, 0) is 53.9 Å². The van der Waals surface area contributed by atoms with Gasteiger partial charge in [0.2, 0.25) is 5.60 Å². The molecule has 1 aliphatic rings. The maximum Gasteiger partial charge on any atom is 0.425 e. The van der Waals surface area contributed by atoms with Gasteiger partial charge in [-0.25, -0.2) is 12.8 Å². The topological polar surface area (TPSA) is 123 Å². The normalized spacial score (nSPS) is 16.9. The minimum atomic E-state index is -5.04. The molecule has 0 radical (unpaired) electrons. The van der Waals surface area contributed by atoms with Crippen molar-refractivity contribution < 1.29 is 40.6 Å². The van der Waals surface area contributed by atoms with Gasteiger partial charge in [-0.3, -0.25) is 20.3 Å². The molecule has 1 aromatic heterocycles. The molecular formula is C28H24F4N4O5S. The fourth-order valence-corrected chi connectivity index (χ4v) is 5.51. The number of carbonyl (C=O) groups is 1. The number of methoxy groups -OCH3 is 1. The fraction of sp³-hybridized carbons (Fsp3) is 0.214. The molecule has 1 aliphatic carbocycles. The van der Waals surface area contributed by atoms with Crippen LogP contribution in [0.5, 0.6) is 5.75 Å². The minimum Gasteiger partial charge on any atom is -0.497 e. The second-order valence-electron chi connectivity index (χ2n) is 9.76. The Kier molecular flexibility index (Phi) is 7.02. The van der Waals surface area contributed by atoms with Crippen molar-refractivity contribution in [1.29, 1.82) is 0 Å². The number of amides is 1. The van der Waals surface area contributed by atoms with Crippen LogP contribution >= 0.6 is 0 Å². The van der Waals surface area contributed by atoms with Crippen LogP contribution < -0.4 is 15.6 Å². The molecule has 0 spiro atoms. The smallest absolute Gasteiger partial charge is 0.425 e. The summed E-state index contributed by atoms with van der Waals surface area (Å²) in [6, 6.07) is 10.6. The van der Waals surface area contributed by atoms with Gasteiger partial charge in [0.25, 0.3) is 5.91 Å². The molecule has 0 saturated heterocycles. The van der Waals surface area contributed by atoms with Crippen molar-refractivity contribution >= 4 is 21.4 Å². The Labute approximate surface area is 237 Å². The molecule has 3 N–H and O–H groups in total. The molecular weight excluding hydrogens is 580 g/mol. The first-order valence-corrected chi connectivity index (χ1v) is 14.3. The average Bonchev–Trinajstić information content (AvgIpc) is 3.53. The number of rotatable bonds is 7. The number of fused-ring (bicyclic) bond motifs is 3. The number of alkyl halides is 3. The van der Waals surface area contributed by atoms with E-state index in [4.69, 9.17) is 4.74 Å². The van der Waals surface area contributed by atoms with Crippen LogP contribution in [-0.2, 0) is 20.2 Å². The SMILES string of the molecule is COc1cc(-c2cnn(C(C)C(=O)NNc3ccc(S(C)(=O)=O)cc3F)c2)c2c(c1)C(O)(C(F)(F)F)c1ccccc1-2. The number of nitrogens with one attached hydrogen (secondary N) is 2. The minimum absolute atomic E-state index is 0.0749. The summed E-state index contributed by atoms with van der Waals surface area (Å²) in [6.45, 7) is 1.49. The summed E-state index contributed by atoms with van der Waals surface area (Å²) < 4.78 is 87.2. The van der Waals surface area contributed by atoms with Gasteiger partial charge >= 0.3 is 6.18 Å². The zero-order chi connectivity index (χ0) is 30.6. The van der Waals surface area contributed by atoms with E-state index in [2.05, 4.69) is 16.0 Å². The molecule has 0 fully saturated rings.